The number of aromatic amines is 2. The van der Waals surface area contributed by atoms with E-state index in [2.05, 4.69) is 30.5 Å². The maximum Gasteiger partial charge on any atom is 0.224 e. The molecule has 0 radical (unpaired) electrons. The summed E-state index contributed by atoms with van der Waals surface area (Å²) in [5.41, 5.74) is 4.63. The van der Waals surface area contributed by atoms with Gasteiger partial charge in [0.25, 0.3) is 0 Å². The second-order valence-electron chi connectivity index (χ2n) is 8.84. The van der Waals surface area contributed by atoms with E-state index in [1.165, 1.54) is 30.7 Å². The Morgan fingerprint density at radius 3 is 2.63 bits per heavy atom. The summed E-state index contributed by atoms with van der Waals surface area (Å²) in [6.07, 6.45) is 5.58. The fourth-order valence-electron chi connectivity index (χ4n) is 4.44. The average Bonchev–Trinajstić information content (AvgIpc) is 3.54. The largest absolute Gasteiger partial charge is 0.337 e. The lowest BCUT2D eigenvalue weighted by Crippen LogP contribution is -2.10. The van der Waals surface area contributed by atoms with E-state index in [1.54, 1.807) is 18.2 Å². The standard InChI is InChI=1S/C28H21F2N7O/c1-2-4-22(38)33-18-11-16(12-31-13-18)25-24(30)23-21(14-32-25)36-37-27(23)28-34-20-6-3-5-19(26(20)35-28)15-7-9-17(29)10-8-15/h3,5-14H,2,4H2,1H3,(H,33,38)(H,34,35)(H,36,37). The van der Waals surface area contributed by atoms with Crippen molar-refractivity contribution >= 4 is 33.5 Å². The van der Waals surface area contributed by atoms with Crippen molar-refractivity contribution in [2.24, 2.45) is 0 Å². The van der Waals surface area contributed by atoms with Gasteiger partial charge in [-0.25, -0.2) is 13.8 Å². The van der Waals surface area contributed by atoms with E-state index in [9.17, 15) is 9.18 Å². The molecule has 1 amide bonds. The number of nitrogens with zero attached hydrogens (tertiary/aromatic N) is 4. The van der Waals surface area contributed by atoms with Gasteiger partial charge in [0.05, 0.1) is 40.0 Å². The molecule has 3 N–H and O–H groups in total. The normalized spacial score (nSPS) is 11.3. The molecule has 0 aliphatic heterocycles. The van der Waals surface area contributed by atoms with Crippen LogP contribution >= 0.6 is 0 Å². The van der Waals surface area contributed by atoms with Gasteiger partial charge in [0.1, 0.15) is 17.2 Å². The summed E-state index contributed by atoms with van der Waals surface area (Å²) in [6.45, 7) is 1.91. The highest BCUT2D eigenvalue weighted by molar-refractivity contribution is 5.98. The van der Waals surface area contributed by atoms with Crippen LogP contribution in [0.4, 0.5) is 14.5 Å². The smallest absolute Gasteiger partial charge is 0.224 e. The molecule has 6 rings (SSSR count). The molecule has 0 bridgehead atoms. The van der Waals surface area contributed by atoms with E-state index in [-0.39, 0.29) is 22.8 Å². The molecule has 0 atom stereocenters. The van der Waals surface area contributed by atoms with Crippen LogP contribution < -0.4 is 5.32 Å². The van der Waals surface area contributed by atoms with Crippen molar-refractivity contribution in [2.45, 2.75) is 19.8 Å². The highest BCUT2D eigenvalue weighted by Gasteiger charge is 2.21. The third-order valence-corrected chi connectivity index (χ3v) is 6.21. The molecular formula is C28H21F2N7O. The molecular weight excluding hydrogens is 488 g/mol. The predicted molar refractivity (Wildman–Crippen MR) is 141 cm³/mol. The SMILES string of the molecule is CCCC(=O)Nc1cncc(-c2ncc3[nH]nc(-c4nc5c(-c6ccc(F)cc6)cccc5[nH]4)c3c2F)c1. The van der Waals surface area contributed by atoms with E-state index >= 15 is 4.39 Å². The molecule has 2 aromatic carbocycles. The quantitative estimate of drug-likeness (QED) is 0.246. The molecule has 4 heterocycles. The Morgan fingerprint density at radius 2 is 1.82 bits per heavy atom. The maximum absolute atomic E-state index is 16.0. The molecule has 0 saturated carbocycles. The van der Waals surface area contributed by atoms with Crippen LogP contribution in [0.2, 0.25) is 0 Å². The van der Waals surface area contributed by atoms with Crippen LogP contribution in [0.5, 0.6) is 0 Å². The third kappa shape index (κ3) is 4.15. The number of H-pyrrole nitrogens is 2. The van der Waals surface area contributed by atoms with Gasteiger partial charge < -0.3 is 10.3 Å². The van der Waals surface area contributed by atoms with Gasteiger partial charge in [-0.3, -0.25) is 19.9 Å². The molecule has 38 heavy (non-hydrogen) atoms. The second-order valence-corrected chi connectivity index (χ2v) is 8.84. The number of halogens is 2. The maximum atomic E-state index is 16.0. The lowest BCUT2D eigenvalue weighted by Gasteiger charge is -2.07. The molecule has 0 aliphatic carbocycles. The Hall–Kier alpha value is -4.99. The van der Waals surface area contributed by atoms with Gasteiger partial charge in [0, 0.05) is 23.7 Å². The lowest BCUT2D eigenvalue weighted by atomic mass is 10.0. The summed E-state index contributed by atoms with van der Waals surface area (Å²) in [5, 5.41) is 10.1. The van der Waals surface area contributed by atoms with Gasteiger partial charge in [-0.05, 0) is 36.2 Å². The van der Waals surface area contributed by atoms with Crippen molar-refractivity contribution in [3.63, 3.8) is 0 Å². The van der Waals surface area contributed by atoms with Gasteiger partial charge in [0.15, 0.2) is 11.6 Å². The van der Waals surface area contributed by atoms with Crippen LogP contribution in [0.1, 0.15) is 19.8 Å². The zero-order chi connectivity index (χ0) is 26.2. The first-order chi connectivity index (χ1) is 18.5. The van der Waals surface area contributed by atoms with E-state index in [1.807, 2.05) is 25.1 Å². The van der Waals surface area contributed by atoms with Crippen LogP contribution in [0.3, 0.4) is 0 Å². The second kappa shape index (κ2) is 9.47. The number of imidazole rings is 1. The molecule has 188 valence electrons. The van der Waals surface area contributed by atoms with Crippen LogP contribution in [0.25, 0.3) is 55.8 Å². The van der Waals surface area contributed by atoms with Gasteiger partial charge in [-0.1, -0.05) is 31.2 Å². The molecule has 8 nitrogen and oxygen atoms in total. The summed E-state index contributed by atoms with van der Waals surface area (Å²) in [6, 6.07) is 13.4. The topological polar surface area (TPSA) is 112 Å². The number of aromatic nitrogens is 6. The fraction of sp³-hybridized carbons (Fsp3) is 0.107. The van der Waals surface area contributed by atoms with Crippen molar-refractivity contribution in [1.29, 1.82) is 0 Å². The zero-order valence-electron chi connectivity index (χ0n) is 20.2. The monoisotopic (exact) mass is 509 g/mol. The number of anilines is 1. The molecule has 0 spiro atoms. The fourth-order valence-corrected chi connectivity index (χ4v) is 4.44. The van der Waals surface area contributed by atoms with Gasteiger partial charge in [-0.2, -0.15) is 5.10 Å². The van der Waals surface area contributed by atoms with Crippen molar-refractivity contribution in [3.8, 4) is 33.9 Å². The Balaban J connectivity index is 1.44. The summed E-state index contributed by atoms with van der Waals surface area (Å²) in [5.74, 6) is -0.687. The molecule has 4 aromatic heterocycles. The molecule has 0 fully saturated rings. The molecule has 0 aliphatic rings. The minimum Gasteiger partial charge on any atom is -0.337 e. The lowest BCUT2D eigenvalue weighted by molar-refractivity contribution is -0.116. The number of carbonyl (C=O) groups excluding carboxylic acids is 1. The first-order valence-electron chi connectivity index (χ1n) is 12.0. The van der Waals surface area contributed by atoms with E-state index < -0.39 is 5.82 Å². The van der Waals surface area contributed by atoms with Crippen LogP contribution in [0, 0.1) is 11.6 Å². The van der Waals surface area contributed by atoms with Crippen LogP contribution in [-0.4, -0.2) is 36.0 Å². The minimum absolute atomic E-state index is 0.0716. The van der Waals surface area contributed by atoms with Crippen LogP contribution in [-0.2, 0) is 4.79 Å². The molecule has 0 unspecified atom stereocenters. The third-order valence-electron chi connectivity index (χ3n) is 6.21. The Labute approximate surface area is 215 Å². The van der Waals surface area contributed by atoms with E-state index in [0.29, 0.717) is 46.6 Å². The number of hydrogen-bond donors (Lipinski definition) is 3. The number of para-hydroxylation sites is 1. The summed E-state index contributed by atoms with van der Waals surface area (Å²) < 4.78 is 29.4. The number of nitrogens with one attached hydrogen (secondary N) is 3. The Bertz CT molecular complexity index is 1810. The minimum atomic E-state index is -0.593. The number of benzene rings is 2. The average molecular weight is 510 g/mol. The number of carbonyl (C=O) groups is 1. The van der Waals surface area contributed by atoms with E-state index in [4.69, 9.17) is 4.98 Å². The van der Waals surface area contributed by atoms with Crippen molar-refractivity contribution in [1.82, 2.24) is 30.1 Å². The zero-order valence-corrected chi connectivity index (χ0v) is 20.2. The van der Waals surface area contributed by atoms with Gasteiger partial charge >= 0.3 is 0 Å². The summed E-state index contributed by atoms with van der Waals surface area (Å²) in [7, 11) is 0. The highest BCUT2D eigenvalue weighted by atomic mass is 19.1. The first kappa shape index (κ1) is 23.4. The number of fused-ring (bicyclic) bond motifs is 2. The van der Waals surface area contributed by atoms with Gasteiger partial charge in [0.2, 0.25) is 5.91 Å². The summed E-state index contributed by atoms with van der Waals surface area (Å²) >= 11 is 0. The van der Waals surface area contributed by atoms with Crippen molar-refractivity contribution in [3.05, 3.63) is 78.8 Å². The number of pyridine rings is 2. The summed E-state index contributed by atoms with van der Waals surface area (Å²) in [4.78, 5) is 28.4. The van der Waals surface area contributed by atoms with Gasteiger partial charge in [-0.15, -0.1) is 0 Å². The molecule has 6 aromatic rings. The highest BCUT2D eigenvalue weighted by Crippen LogP contribution is 2.34. The predicted octanol–water partition coefficient (Wildman–Crippen LogP) is 6.25. The number of hydrogen-bond acceptors (Lipinski definition) is 5. The first-order valence-corrected chi connectivity index (χ1v) is 12.0. The molecule has 10 heteroatoms. The van der Waals surface area contributed by atoms with Crippen LogP contribution in [0.15, 0.2) is 67.1 Å². The van der Waals surface area contributed by atoms with Crippen molar-refractivity contribution in [2.75, 3.05) is 5.32 Å². The van der Waals surface area contributed by atoms with Crippen molar-refractivity contribution < 1.29 is 13.6 Å². The molecule has 0 saturated heterocycles. The number of amides is 1. The number of rotatable bonds is 6. The van der Waals surface area contributed by atoms with E-state index in [0.717, 1.165) is 16.6 Å². The Kier molecular flexibility index (Phi) is 5.83. The Morgan fingerprint density at radius 1 is 0.974 bits per heavy atom.